The number of carbonyl (C=O) groups excluding carboxylic acids is 1. The first-order valence-electron chi connectivity index (χ1n) is 4.77. The standard InChI is InChI=1S/C10H20O2/c1-4-9(2)7-5-6-8-10(11)12-3/h9H,4-8H2,1-3H3/t9-/m0/s1. The van der Waals surface area contributed by atoms with Gasteiger partial charge in [-0.15, -0.1) is 0 Å². The normalized spacial score (nSPS) is 12.6. The van der Waals surface area contributed by atoms with Crippen LogP contribution in [0.2, 0.25) is 0 Å². The molecule has 0 N–H and O–H groups in total. The molecule has 0 rings (SSSR count). The molecular weight excluding hydrogens is 152 g/mol. The number of ether oxygens (including phenoxy) is 1. The Balaban J connectivity index is 3.15. The van der Waals surface area contributed by atoms with Crippen LogP contribution in [0, 0.1) is 5.92 Å². The summed E-state index contributed by atoms with van der Waals surface area (Å²) in [6.45, 7) is 4.45. The first kappa shape index (κ1) is 11.5. The van der Waals surface area contributed by atoms with Crippen molar-refractivity contribution in [3.05, 3.63) is 0 Å². The van der Waals surface area contributed by atoms with Gasteiger partial charge in [0.2, 0.25) is 0 Å². The summed E-state index contributed by atoms with van der Waals surface area (Å²) in [5, 5.41) is 0. The van der Waals surface area contributed by atoms with Crippen molar-refractivity contribution < 1.29 is 9.53 Å². The Morgan fingerprint density at radius 3 is 2.58 bits per heavy atom. The molecule has 0 saturated carbocycles. The van der Waals surface area contributed by atoms with Crippen molar-refractivity contribution >= 4 is 5.97 Å². The number of hydrogen-bond acceptors (Lipinski definition) is 2. The van der Waals surface area contributed by atoms with Gasteiger partial charge in [-0.2, -0.15) is 0 Å². The first-order valence-corrected chi connectivity index (χ1v) is 4.77. The number of carbonyl (C=O) groups is 1. The second kappa shape index (κ2) is 7.14. The highest BCUT2D eigenvalue weighted by Gasteiger charge is 2.01. The molecule has 72 valence electrons. The van der Waals surface area contributed by atoms with E-state index in [1.54, 1.807) is 0 Å². The predicted molar refractivity (Wildman–Crippen MR) is 49.9 cm³/mol. The fraction of sp³-hybridized carbons (Fsp3) is 0.900. The molecule has 2 heteroatoms. The van der Waals surface area contributed by atoms with Gasteiger partial charge in [0, 0.05) is 6.42 Å². The Hall–Kier alpha value is -0.530. The molecule has 12 heavy (non-hydrogen) atoms. The van der Waals surface area contributed by atoms with Crippen LogP contribution < -0.4 is 0 Å². The van der Waals surface area contributed by atoms with Gasteiger partial charge in [0.1, 0.15) is 0 Å². The van der Waals surface area contributed by atoms with Crippen LogP contribution in [0.15, 0.2) is 0 Å². The van der Waals surface area contributed by atoms with E-state index in [2.05, 4.69) is 18.6 Å². The molecule has 1 atom stereocenters. The van der Waals surface area contributed by atoms with E-state index < -0.39 is 0 Å². The molecule has 0 aromatic heterocycles. The maximum Gasteiger partial charge on any atom is 0.305 e. The molecule has 0 heterocycles. The lowest BCUT2D eigenvalue weighted by Gasteiger charge is -2.06. The molecule has 0 aliphatic rings. The summed E-state index contributed by atoms with van der Waals surface area (Å²) in [6.07, 6.45) is 5.15. The lowest BCUT2D eigenvalue weighted by Crippen LogP contribution is -2.00. The second-order valence-electron chi connectivity index (χ2n) is 3.34. The van der Waals surface area contributed by atoms with E-state index in [1.165, 1.54) is 20.0 Å². The molecule has 0 aliphatic carbocycles. The minimum Gasteiger partial charge on any atom is -0.469 e. The smallest absolute Gasteiger partial charge is 0.305 e. The van der Waals surface area contributed by atoms with E-state index in [4.69, 9.17) is 0 Å². The maximum atomic E-state index is 10.7. The minimum absolute atomic E-state index is 0.0841. The Labute approximate surface area is 75.3 Å². The Bertz CT molecular complexity index is 121. The van der Waals surface area contributed by atoms with Gasteiger partial charge >= 0.3 is 5.97 Å². The third-order valence-electron chi connectivity index (χ3n) is 2.25. The highest BCUT2D eigenvalue weighted by molar-refractivity contribution is 5.68. The Morgan fingerprint density at radius 1 is 1.42 bits per heavy atom. The van der Waals surface area contributed by atoms with Crippen LogP contribution in [0.5, 0.6) is 0 Å². The monoisotopic (exact) mass is 172 g/mol. The molecule has 0 amide bonds. The molecule has 0 aromatic rings. The highest BCUT2D eigenvalue weighted by Crippen LogP contribution is 2.12. The Kier molecular flexibility index (Phi) is 6.82. The van der Waals surface area contributed by atoms with Crippen LogP contribution in [0.4, 0.5) is 0 Å². The highest BCUT2D eigenvalue weighted by atomic mass is 16.5. The van der Waals surface area contributed by atoms with Crippen molar-refractivity contribution in [2.75, 3.05) is 7.11 Å². The van der Waals surface area contributed by atoms with Gasteiger partial charge in [-0.3, -0.25) is 4.79 Å². The molecule has 2 nitrogen and oxygen atoms in total. The fourth-order valence-corrected chi connectivity index (χ4v) is 1.07. The van der Waals surface area contributed by atoms with Gasteiger partial charge in [-0.1, -0.05) is 33.1 Å². The van der Waals surface area contributed by atoms with Crippen LogP contribution in [0.3, 0.4) is 0 Å². The number of methoxy groups -OCH3 is 1. The summed E-state index contributed by atoms with van der Waals surface area (Å²) in [4.78, 5) is 10.7. The van der Waals surface area contributed by atoms with E-state index in [-0.39, 0.29) is 5.97 Å². The zero-order chi connectivity index (χ0) is 9.40. The molecule has 0 bridgehead atoms. The summed E-state index contributed by atoms with van der Waals surface area (Å²) >= 11 is 0. The zero-order valence-electron chi connectivity index (χ0n) is 8.43. The average molecular weight is 172 g/mol. The largest absolute Gasteiger partial charge is 0.469 e. The summed E-state index contributed by atoms with van der Waals surface area (Å²) in [6, 6.07) is 0. The molecular formula is C10H20O2. The first-order chi connectivity index (χ1) is 5.70. The molecule has 0 fully saturated rings. The number of hydrogen-bond donors (Lipinski definition) is 0. The summed E-state index contributed by atoms with van der Waals surface area (Å²) in [5.74, 6) is 0.710. The third-order valence-corrected chi connectivity index (χ3v) is 2.25. The van der Waals surface area contributed by atoms with Crippen molar-refractivity contribution in [3.8, 4) is 0 Å². The Morgan fingerprint density at radius 2 is 2.08 bits per heavy atom. The second-order valence-corrected chi connectivity index (χ2v) is 3.34. The third kappa shape index (κ3) is 6.20. The minimum atomic E-state index is -0.0841. The quantitative estimate of drug-likeness (QED) is 0.455. The van der Waals surface area contributed by atoms with Crippen molar-refractivity contribution in [2.45, 2.75) is 46.0 Å². The molecule has 0 radical (unpaired) electrons. The average Bonchev–Trinajstić information content (AvgIpc) is 2.11. The van der Waals surface area contributed by atoms with Crippen molar-refractivity contribution in [2.24, 2.45) is 5.92 Å². The lowest BCUT2D eigenvalue weighted by molar-refractivity contribution is -0.140. The van der Waals surface area contributed by atoms with Gasteiger partial charge in [0.15, 0.2) is 0 Å². The van der Waals surface area contributed by atoms with E-state index in [0.717, 1.165) is 18.8 Å². The van der Waals surface area contributed by atoms with E-state index in [0.29, 0.717) is 6.42 Å². The van der Waals surface area contributed by atoms with E-state index >= 15 is 0 Å². The van der Waals surface area contributed by atoms with Gasteiger partial charge < -0.3 is 4.74 Å². The van der Waals surface area contributed by atoms with Crippen LogP contribution >= 0.6 is 0 Å². The molecule has 0 aliphatic heterocycles. The number of unbranched alkanes of at least 4 members (excludes halogenated alkanes) is 1. The number of esters is 1. The summed E-state index contributed by atoms with van der Waals surface area (Å²) in [7, 11) is 1.44. The van der Waals surface area contributed by atoms with E-state index in [1.807, 2.05) is 0 Å². The molecule has 0 aromatic carbocycles. The lowest BCUT2D eigenvalue weighted by atomic mass is 10.0. The van der Waals surface area contributed by atoms with Crippen molar-refractivity contribution in [3.63, 3.8) is 0 Å². The summed E-state index contributed by atoms with van der Waals surface area (Å²) < 4.78 is 4.54. The molecule has 0 unspecified atom stereocenters. The summed E-state index contributed by atoms with van der Waals surface area (Å²) in [5.41, 5.74) is 0. The maximum absolute atomic E-state index is 10.7. The van der Waals surface area contributed by atoms with Crippen molar-refractivity contribution in [1.29, 1.82) is 0 Å². The van der Waals surface area contributed by atoms with Gasteiger partial charge in [-0.05, 0) is 12.3 Å². The molecule has 0 spiro atoms. The predicted octanol–water partition coefficient (Wildman–Crippen LogP) is 2.77. The SMILES string of the molecule is CC[C@H](C)CCCCC(=O)OC. The van der Waals surface area contributed by atoms with Crippen molar-refractivity contribution in [1.82, 2.24) is 0 Å². The fourth-order valence-electron chi connectivity index (χ4n) is 1.07. The zero-order valence-corrected chi connectivity index (χ0v) is 8.43. The van der Waals surface area contributed by atoms with Crippen LogP contribution in [-0.4, -0.2) is 13.1 Å². The van der Waals surface area contributed by atoms with Crippen LogP contribution in [0.1, 0.15) is 46.0 Å². The molecule has 0 saturated heterocycles. The van der Waals surface area contributed by atoms with E-state index in [9.17, 15) is 4.79 Å². The number of rotatable bonds is 6. The van der Waals surface area contributed by atoms with Gasteiger partial charge in [0.05, 0.1) is 7.11 Å². The van der Waals surface area contributed by atoms with Gasteiger partial charge in [0.25, 0.3) is 0 Å². The topological polar surface area (TPSA) is 26.3 Å². The van der Waals surface area contributed by atoms with Gasteiger partial charge in [-0.25, -0.2) is 0 Å². The van der Waals surface area contributed by atoms with Crippen LogP contribution in [-0.2, 0) is 9.53 Å². The van der Waals surface area contributed by atoms with Crippen LogP contribution in [0.25, 0.3) is 0 Å².